The number of phenolic OH excluding ortho intramolecular Hbond substituents is 1. The number of benzene rings is 1. The van der Waals surface area contributed by atoms with E-state index in [-0.39, 0.29) is 24.2 Å². The molecule has 1 heterocycles. The number of ketones is 1. The van der Waals surface area contributed by atoms with Crippen LogP contribution in [0.4, 0.5) is 0 Å². The Labute approximate surface area is 160 Å². The number of rotatable bonds is 6. The van der Waals surface area contributed by atoms with Crippen molar-refractivity contribution in [3.8, 4) is 5.75 Å². The first-order chi connectivity index (χ1) is 13.0. The number of para-hydroxylation sites is 1. The van der Waals surface area contributed by atoms with Gasteiger partial charge in [-0.15, -0.1) is 5.73 Å². The second kappa shape index (κ2) is 8.53. The van der Waals surface area contributed by atoms with E-state index in [0.29, 0.717) is 5.56 Å². The summed E-state index contributed by atoms with van der Waals surface area (Å²) in [7, 11) is 0. The van der Waals surface area contributed by atoms with Crippen LogP contribution in [0.2, 0.25) is 0 Å². The molecule has 0 saturated carbocycles. The number of carbonyl (C=O) groups excluding carboxylic acids is 1. The highest BCUT2D eigenvalue weighted by Crippen LogP contribution is 2.28. The third kappa shape index (κ3) is 5.08. The normalized spacial score (nSPS) is 20.0. The molecule has 4 heteroatoms. The summed E-state index contributed by atoms with van der Waals surface area (Å²) in [6, 6.07) is 6.61. The molecular weight excluding hydrogens is 340 g/mol. The average Bonchev–Trinajstić information content (AvgIpc) is 2.89. The summed E-state index contributed by atoms with van der Waals surface area (Å²) in [5.74, 6) is -0.107. The number of aromatic hydroxyl groups is 1. The number of hydrogen-bond acceptors (Lipinski definition) is 4. The van der Waals surface area contributed by atoms with Crippen LogP contribution in [0.1, 0.15) is 49.9 Å². The van der Waals surface area contributed by atoms with Gasteiger partial charge in [0.05, 0.1) is 11.2 Å². The van der Waals surface area contributed by atoms with Crippen molar-refractivity contribution < 1.29 is 19.4 Å². The highest BCUT2D eigenvalue weighted by atomic mass is 16.7. The fourth-order valence-corrected chi connectivity index (χ4v) is 3.21. The van der Waals surface area contributed by atoms with Gasteiger partial charge in [0.1, 0.15) is 5.75 Å². The molecule has 0 bridgehead atoms. The molecular formula is C23H26O4. The van der Waals surface area contributed by atoms with Crippen LogP contribution in [0.25, 0.3) is 0 Å². The van der Waals surface area contributed by atoms with E-state index in [1.165, 1.54) is 6.07 Å². The van der Waals surface area contributed by atoms with Gasteiger partial charge in [-0.1, -0.05) is 24.3 Å². The molecule has 3 rings (SSSR count). The van der Waals surface area contributed by atoms with Crippen LogP contribution in [0.5, 0.6) is 5.75 Å². The van der Waals surface area contributed by atoms with Crippen molar-refractivity contribution in [1.82, 2.24) is 0 Å². The first-order valence-corrected chi connectivity index (χ1v) is 9.41. The Hall–Kier alpha value is -2.39. The zero-order valence-corrected chi connectivity index (χ0v) is 15.9. The molecule has 0 amide bonds. The minimum Gasteiger partial charge on any atom is -0.507 e. The van der Waals surface area contributed by atoms with Gasteiger partial charge in [0.25, 0.3) is 0 Å². The Balaban J connectivity index is 1.65. The monoisotopic (exact) mass is 366 g/mol. The van der Waals surface area contributed by atoms with E-state index in [0.717, 1.165) is 37.0 Å². The Morgan fingerprint density at radius 3 is 2.85 bits per heavy atom. The van der Waals surface area contributed by atoms with E-state index in [1.54, 1.807) is 18.2 Å². The van der Waals surface area contributed by atoms with Gasteiger partial charge >= 0.3 is 0 Å². The Morgan fingerprint density at radius 2 is 2.11 bits per heavy atom. The van der Waals surface area contributed by atoms with Crippen LogP contribution in [0, 0.1) is 0 Å². The molecule has 1 aliphatic heterocycles. The van der Waals surface area contributed by atoms with Crippen LogP contribution >= 0.6 is 0 Å². The minimum absolute atomic E-state index is 0.0112. The zero-order valence-electron chi connectivity index (χ0n) is 15.9. The maximum Gasteiger partial charge on any atom is 0.170 e. The molecule has 4 nitrogen and oxygen atoms in total. The van der Waals surface area contributed by atoms with Crippen LogP contribution < -0.4 is 0 Å². The lowest BCUT2D eigenvalue weighted by Crippen LogP contribution is -2.35. The van der Waals surface area contributed by atoms with E-state index in [4.69, 9.17) is 9.47 Å². The van der Waals surface area contributed by atoms with Crippen molar-refractivity contribution in [2.24, 2.45) is 0 Å². The smallest absolute Gasteiger partial charge is 0.170 e. The number of ether oxygens (including phenoxy) is 2. The van der Waals surface area contributed by atoms with E-state index < -0.39 is 5.60 Å². The number of allylic oxidation sites excluding steroid dienone is 3. The summed E-state index contributed by atoms with van der Waals surface area (Å²) in [4.78, 5) is 12.5. The first-order valence-electron chi connectivity index (χ1n) is 9.41. The van der Waals surface area contributed by atoms with Gasteiger partial charge in [-0.2, -0.15) is 0 Å². The van der Waals surface area contributed by atoms with Gasteiger partial charge in [0.2, 0.25) is 0 Å². The molecule has 1 unspecified atom stereocenters. The van der Waals surface area contributed by atoms with Crippen LogP contribution in [0.3, 0.4) is 0 Å². The van der Waals surface area contributed by atoms with Crippen LogP contribution in [-0.4, -0.2) is 29.4 Å². The minimum atomic E-state index is -0.542. The quantitative estimate of drug-likeness (QED) is 0.577. The molecule has 142 valence electrons. The van der Waals surface area contributed by atoms with Gasteiger partial charge in [-0.3, -0.25) is 4.79 Å². The van der Waals surface area contributed by atoms with E-state index in [1.807, 2.05) is 38.2 Å². The highest BCUT2D eigenvalue weighted by molar-refractivity contribution is 6.00. The van der Waals surface area contributed by atoms with Gasteiger partial charge in [-0.25, -0.2) is 0 Å². The number of Topliss-reactive ketones (excluding diaryl/α,β-unsaturated/α-hetero) is 1. The molecule has 27 heavy (non-hydrogen) atoms. The number of phenols is 1. The van der Waals surface area contributed by atoms with E-state index >= 15 is 0 Å². The van der Waals surface area contributed by atoms with Crippen molar-refractivity contribution in [1.29, 1.82) is 0 Å². The third-order valence-electron chi connectivity index (χ3n) is 4.78. The summed E-state index contributed by atoms with van der Waals surface area (Å²) in [6.45, 7) is 4.75. The van der Waals surface area contributed by atoms with Crippen molar-refractivity contribution in [2.75, 3.05) is 6.61 Å². The zero-order chi connectivity index (χ0) is 19.3. The molecule has 1 atom stereocenters. The van der Waals surface area contributed by atoms with Gasteiger partial charge in [0.15, 0.2) is 12.1 Å². The van der Waals surface area contributed by atoms with Crippen molar-refractivity contribution >= 4 is 5.78 Å². The molecule has 1 aromatic rings. The first kappa shape index (κ1) is 19.4. The lowest BCUT2D eigenvalue weighted by Gasteiger charge is -2.33. The van der Waals surface area contributed by atoms with Gasteiger partial charge in [-0.05, 0) is 63.0 Å². The molecule has 1 fully saturated rings. The predicted octanol–water partition coefficient (Wildman–Crippen LogP) is 4.86. The van der Waals surface area contributed by atoms with Crippen molar-refractivity contribution in [3.05, 3.63) is 71.0 Å². The molecule has 1 aromatic carbocycles. The summed E-state index contributed by atoms with van der Waals surface area (Å²) in [6.07, 6.45) is 10.7. The molecule has 0 radical (unpaired) electrons. The lowest BCUT2D eigenvalue weighted by atomic mass is 9.96. The maximum atomic E-state index is 12.5. The number of carbonyl (C=O) groups is 1. The summed E-state index contributed by atoms with van der Waals surface area (Å²) in [5.41, 5.74) is 4.81. The SMILES string of the molecule is CC(C)(OC1CCCCO1)C1=C=CC=C(CC(=O)c2ccccc2O)C=C1. The lowest BCUT2D eigenvalue weighted by molar-refractivity contribution is -0.203. The van der Waals surface area contributed by atoms with Crippen LogP contribution in [0.15, 0.2) is 65.4 Å². The van der Waals surface area contributed by atoms with Gasteiger partial charge in [0, 0.05) is 18.6 Å². The maximum absolute atomic E-state index is 12.5. The second-order valence-electron chi connectivity index (χ2n) is 7.34. The largest absolute Gasteiger partial charge is 0.507 e. The fraction of sp³-hybridized carbons (Fsp3) is 0.391. The Bertz CT molecular complexity index is 817. The molecule has 0 spiro atoms. The molecule has 1 aliphatic carbocycles. The summed E-state index contributed by atoms with van der Waals surface area (Å²) < 4.78 is 11.8. The third-order valence-corrected chi connectivity index (χ3v) is 4.78. The van der Waals surface area contributed by atoms with E-state index in [2.05, 4.69) is 5.73 Å². The Morgan fingerprint density at radius 1 is 1.30 bits per heavy atom. The van der Waals surface area contributed by atoms with E-state index in [9.17, 15) is 9.90 Å². The van der Waals surface area contributed by atoms with Crippen LogP contribution in [-0.2, 0) is 9.47 Å². The number of hydrogen-bond donors (Lipinski definition) is 1. The average molecular weight is 366 g/mol. The molecule has 2 aliphatic rings. The summed E-state index contributed by atoms with van der Waals surface area (Å²) >= 11 is 0. The molecule has 1 N–H and O–H groups in total. The standard InChI is InChI=1S/C23H26O4/c1-23(2,27-22-12-5-6-15-26-22)18-9-7-8-17(13-14-18)16-21(25)19-10-3-4-11-20(19)24/h3-4,7-8,10-11,13-14,22,24H,5-6,12,15-16H2,1-2H3. The predicted molar refractivity (Wildman–Crippen MR) is 105 cm³/mol. The molecule has 0 aromatic heterocycles. The second-order valence-corrected chi connectivity index (χ2v) is 7.34. The fourth-order valence-electron chi connectivity index (χ4n) is 3.21. The topological polar surface area (TPSA) is 55.8 Å². The Kier molecular flexibility index (Phi) is 6.12. The summed E-state index contributed by atoms with van der Waals surface area (Å²) in [5, 5.41) is 9.86. The molecule has 1 saturated heterocycles. The highest BCUT2D eigenvalue weighted by Gasteiger charge is 2.28. The van der Waals surface area contributed by atoms with Gasteiger partial charge < -0.3 is 14.6 Å². The van der Waals surface area contributed by atoms with Crippen molar-refractivity contribution in [2.45, 2.75) is 51.4 Å². The van der Waals surface area contributed by atoms with Crippen molar-refractivity contribution in [3.63, 3.8) is 0 Å².